The molecule has 6 nitrogen and oxygen atoms in total. The topological polar surface area (TPSA) is 71.1 Å². The van der Waals surface area contributed by atoms with E-state index >= 15 is 0 Å². The number of hydrogen-bond acceptors (Lipinski definition) is 6. The van der Waals surface area contributed by atoms with Crippen LogP contribution in [0.1, 0.15) is 24.2 Å². The first kappa shape index (κ1) is 17.9. The smallest absolute Gasteiger partial charge is 0.372 e. The minimum Gasteiger partial charge on any atom is -0.443 e. The Bertz CT molecular complexity index is 479. The van der Waals surface area contributed by atoms with Crippen molar-refractivity contribution in [1.29, 1.82) is 0 Å². The van der Waals surface area contributed by atoms with Gasteiger partial charge in [-0.05, 0) is 26.0 Å². The highest BCUT2D eigenvalue weighted by molar-refractivity contribution is 7.54. The van der Waals surface area contributed by atoms with Gasteiger partial charge in [-0.15, -0.1) is 0 Å². The molecule has 0 aromatic heterocycles. The second-order valence-electron chi connectivity index (χ2n) is 4.51. The lowest BCUT2D eigenvalue weighted by Crippen LogP contribution is -2.26. The van der Waals surface area contributed by atoms with Crippen molar-refractivity contribution in [2.75, 3.05) is 20.8 Å². The Kier molecular flexibility index (Phi) is 7.05. The van der Waals surface area contributed by atoms with Crippen molar-refractivity contribution in [3.8, 4) is 0 Å². The van der Waals surface area contributed by atoms with Gasteiger partial charge >= 0.3 is 13.6 Å². The normalized spacial score (nSPS) is 13.2. The summed E-state index contributed by atoms with van der Waals surface area (Å²) in [5.41, 5.74) is 0.353. The summed E-state index contributed by atoms with van der Waals surface area (Å²) in [4.78, 5) is 12.1. The van der Waals surface area contributed by atoms with Crippen molar-refractivity contribution >= 4 is 13.6 Å². The molecule has 0 heterocycles. The highest BCUT2D eigenvalue weighted by atomic mass is 31.2. The number of hydrogen-bond donors (Lipinski definition) is 0. The predicted octanol–water partition coefficient (Wildman–Crippen LogP) is 3.08. The maximum Gasteiger partial charge on any atom is 0.372 e. The summed E-state index contributed by atoms with van der Waals surface area (Å²) in [5.74, 6) is -1.73. The second kappa shape index (κ2) is 8.29. The van der Waals surface area contributed by atoms with Gasteiger partial charge in [0.15, 0.2) is 0 Å². The van der Waals surface area contributed by atoms with Crippen molar-refractivity contribution < 1.29 is 27.9 Å². The zero-order valence-corrected chi connectivity index (χ0v) is 13.5. The summed E-state index contributed by atoms with van der Waals surface area (Å²) < 4.78 is 32.9. The van der Waals surface area contributed by atoms with E-state index in [2.05, 4.69) is 0 Å². The van der Waals surface area contributed by atoms with Gasteiger partial charge in [-0.2, -0.15) is 0 Å². The number of carbonyl (C=O) groups excluding carboxylic acids is 1. The van der Waals surface area contributed by atoms with Gasteiger partial charge in [-0.3, -0.25) is 4.57 Å². The largest absolute Gasteiger partial charge is 0.443 e. The lowest BCUT2D eigenvalue weighted by Gasteiger charge is -2.24. The van der Waals surface area contributed by atoms with Crippen LogP contribution in [-0.4, -0.2) is 38.7 Å². The van der Waals surface area contributed by atoms with Crippen LogP contribution in [0.25, 0.3) is 0 Å². The molecule has 21 heavy (non-hydrogen) atoms. The van der Waals surface area contributed by atoms with Gasteiger partial charge in [0.1, 0.15) is 0 Å². The fraction of sp³-hybridized carbons (Fsp3) is 0.500. The third-order valence-electron chi connectivity index (χ3n) is 2.69. The first-order valence-electron chi connectivity index (χ1n) is 6.51. The van der Waals surface area contributed by atoms with Gasteiger partial charge < -0.3 is 18.5 Å². The minimum absolute atomic E-state index is 0.0742. The van der Waals surface area contributed by atoms with E-state index in [9.17, 15) is 9.36 Å². The van der Waals surface area contributed by atoms with Crippen LogP contribution in [0, 0.1) is 0 Å². The monoisotopic (exact) mass is 316 g/mol. The molecular weight excluding hydrogens is 295 g/mol. The summed E-state index contributed by atoms with van der Waals surface area (Å²) in [6.45, 7) is 3.57. The highest BCUT2D eigenvalue weighted by Crippen LogP contribution is 2.52. The first-order valence-corrected chi connectivity index (χ1v) is 8.13. The van der Waals surface area contributed by atoms with Crippen LogP contribution < -0.4 is 0 Å². The Morgan fingerprint density at radius 3 is 2.19 bits per heavy atom. The van der Waals surface area contributed by atoms with Gasteiger partial charge in [0.2, 0.25) is 5.85 Å². The van der Waals surface area contributed by atoms with E-state index < -0.39 is 19.4 Å². The first-order chi connectivity index (χ1) is 9.92. The average Bonchev–Trinajstić information content (AvgIpc) is 2.51. The van der Waals surface area contributed by atoms with Crippen molar-refractivity contribution in [3.05, 3.63) is 35.9 Å². The molecule has 0 N–H and O–H groups in total. The number of ether oxygens (including phenoxy) is 2. The lowest BCUT2D eigenvalue weighted by molar-refractivity contribution is -0.00396. The molecule has 1 atom stereocenters. The number of carbonyl (C=O) groups is 1. The molecule has 0 aliphatic carbocycles. The molecule has 0 spiro atoms. The third kappa shape index (κ3) is 5.25. The molecule has 118 valence electrons. The molecule has 1 aromatic rings. The highest BCUT2D eigenvalue weighted by Gasteiger charge is 2.38. The van der Waals surface area contributed by atoms with Gasteiger partial charge in [0, 0.05) is 14.2 Å². The van der Waals surface area contributed by atoms with E-state index in [1.807, 2.05) is 13.8 Å². The Morgan fingerprint density at radius 1 is 1.14 bits per heavy atom. The van der Waals surface area contributed by atoms with Crippen molar-refractivity contribution in [3.63, 3.8) is 0 Å². The zero-order valence-electron chi connectivity index (χ0n) is 12.6. The standard InChI is InChI=1S/C14H21O6P/c1-11(2)19-10-13(21(16,17-3)18-4)20-14(15)12-8-6-5-7-9-12/h5-9,11,13H,10H2,1-4H3/t13-/m0/s1. The van der Waals surface area contributed by atoms with Gasteiger partial charge in [-0.1, -0.05) is 18.2 Å². The molecule has 0 bridgehead atoms. The SMILES string of the molecule is COP(=O)(OC)[C@@H](COC(C)C)OC(=O)c1ccccc1. The molecule has 0 saturated carbocycles. The molecular formula is C14H21O6P. The van der Waals surface area contributed by atoms with Crippen LogP contribution in [0.15, 0.2) is 30.3 Å². The summed E-state index contributed by atoms with van der Waals surface area (Å²) in [6, 6.07) is 8.41. The van der Waals surface area contributed by atoms with Crippen LogP contribution in [0.4, 0.5) is 0 Å². The van der Waals surface area contributed by atoms with Crippen molar-refractivity contribution in [2.45, 2.75) is 25.8 Å². The third-order valence-corrected chi connectivity index (χ3v) is 4.66. The van der Waals surface area contributed by atoms with Crippen molar-refractivity contribution in [2.24, 2.45) is 0 Å². The van der Waals surface area contributed by atoms with Gasteiger partial charge in [0.05, 0.1) is 18.3 Å². The van der Waals surface area contributed by atoms with E-state index in [0.717, 1.165) is 0 Å². The Hall–Kier alpha value is -1.20. The van der Waals surface area contributed by atoms with E-state index in [1.54, 1.807) is 30.3 Å². The molecule has 0 aliphatic heterocycles. The molecule has 0 fully saturated rings. The van der Waals surface area contributed by atoms with Crippen LogP contribution in [0.2, 0.25) is 0 Å². The lowest BCUT2D eigenvalue weighted by atomic mass is 10.2. The number of esters is 1. The van der Waals surface area contributed by atoms with Crippen LogP contribution in [0.3, 0.4) is 0 Å². The minimum atomic E-state index is -3.59. The molecule has 0 aliphatic rings. The molecule has 7 heteroatoms. The Morgan fingerprint density at radius 2 is 1.71 bits per heavy atom. The van der Waals surface area contributed by atoms with E-state index in [-0.39, 0.29) is 12.7 Å². The second-order valence-corrected chi connectivity index (χ2v) is 6.90. The Labute approximate surface area is 124 Å². The summed E-state index contributed by atoms with van der Waals surface area (Å²) in [5, 5.41) is 0. The number of rotatable bonds is 8. The van der Waals surface area contributed by atoms with Crippen LogP contribution in [0.5, 0.6) is 0 Å². The molecule has 0 saturated heterocycles. The van der Waals surface area contributed by atoms with Crippen LogP contribution >= 0.6 is 7.60 Å². The fourth-order valence-corrected chi connectivity index (χ4v) is 2.65. The molecule has 0 amide bonds. The van der Waals surface area contributed by atoms with E-state index in [4.69, 9.17) is 18.5 Å². The summed E-state index contributed by atoms with van der Waals surface area (Å²) >= 11 is 0. The molecule has 0 unspecified atom stereocenters. The van der Waals surface area contributed by atoms with E-state index in [0.29, 0.717) is 5.56 Å². The van der Waals surface area contributed by atoms with Gasteiger partial charge in [-0.25, -0.2) is 4.79 Å². The summed E-state index contributed by atoms with van der Waals surface area (Å²) in [6.07, 6.45) is -0.106. The zero-order chi connectivity index (χ0) is 15.9. The fourth-order valence-electron chi connectivity index (χ4n) is 1.54. The maximum absolute atomic E-state index is 12.4. The van der Waals surface area contributed by atoms with Crippen molar-refractivity contribution in [1.82, 2.24) is 0 Å². The van der Waals surface area contributed by atoms with E-state index in [1.165, 1.54) is 14.2 Å². The summed E-state index contributed by atoms with van der Waals surface area (Å²) in [7, 11) is -1.11. The quantitative estimate of drug-likeness (QED) is 0.542. The van der Waals surface area contributed by atoms with Gasteiger partial charge in [0.25, 0.3) is 0 Å². The Balaban J connectivity index is 2.86. The predicted molar refractivity (Wildman–Crippen MR) is 78.4 cm³/mol. The average molecular weight is 316 g/mol. The molecule has 1 rings (SSSR count). The molecule has 0 radical (unpaired) electrons. The molecule has 1 aromatic carbocycles. The number of benzene rings is 1. The van der Waals surface area contributed by atoms with Crippen LogP contribution in [-0.2, 0) is 23.1 Å². The maximum atomic E-state index is 12.4.